The summed E-state index contributed by atoms with van der Waals surface area (Å²) in [7, 11) is 0. The molecule has 0 aromatic rings. The van der Waals surface area contributed by atoms with Gasteiger partial charge in [-0.05, 0) is 44.6 Å². The minimum atomic E-state index is -0.775. The maximum absolute atomic E-state index is 12.1. The van der Waals surface area contributed by atoms with E-state index < -0.39 is 5.60 Å². The van der Waals surface area contributed by atoms with Crippen molar-refractivity contribution in [3.63, 3.8) is 0 Å². The van der Waals surface area contributed by atoms with Crippen LogP contribution >= 0.6 is 0 Å². The summed E-state index contributed by atoms with van der Waals surface area (Å²) in [5.41, 5.74) is -0.775. The van der Waals surface area contributed by atoms with Gasteiger partial charge in [-0.25, -0.2) is 0 Å². The number of nitrogens with one attached hydrogen (secondary N) is 1. The van der Waals surface area contributed by atoms with Gasteiger partial charge in [0.2, 0.25) is 5.91 Å². The van der Waals surface area contributed by atoms with Crippen molar-refractivity contribution >= 4 is 5.91 Å². The number of allylic oxidation sites excluding steroid dienone is 9. The Balaban J connectivity index is 4.05. The van der Waals surface area contributed by atoms with Crippen LogP contribution in [0.1, 0.15) is 104 Å². The molecular weight excluding hydrogens is 394 g/mol. The van der Waals surface area contributed by atoms with E-state index >= 15 is 0 Å². The minimum Gasteiger partial charge on any atom is -0.388 e. The average Bonchev–Trinajstić information content (AvgIpc) is 2.79. The number of carbonyl (C=O) groups excluding carboxylic acids is 1. The average molecular weight is 444 g/mol. The second kappa shape index (κ2) is 22.3. The van der Waals surface area contributed by atoms with Crippen molar-refractivity contribution < 1.29 is 9.90 Å². The normalized spacial score (nSPS) is 14.5. The Morgan fingerprint density at radius 2 is 1.22 bits per heavy atom. The minimum absolute atomic E-state index is 0.118. The molecule has 0 aliphatic rings. The maximum Gasteiger partial charge on any atom is 0.243 e. The molecule has 0 aromatic carbocycles. The molecule has 0 aliphatic heterocycles. The topological polar surface area (TPSA) is 49.3 Å². The number of hydrogen-bond donors (Lipinski definition) is 2. The summed E-state index contributed by atoms with van der Waals surface area (Å²) in [4.78, 5) is 12.1. The first kappa shape index (κ1) is 30.1. The van der Waals surface area contributed by atoms with Gasteiger partial charge < -0.3 is 10.4 Å². The Hall–Kier alpha value is -1.87. The van der Waals surface area contributed by atoms with E-state index in [1.165, 1.54) is 19.3 Å². The largest absolute Gasteiger partial charge is 0.388 e. The lowest BCUT2D eigenvalue weighted by atomic mass is 9.90. The number of rotatable bonds is 20. The van der Waals surface area contributed by atoms with Crippen molar-refractivity contribution in [1.29, 1.82) is 0 Å². The summed E-state index contributed by atoms with van der Waals surface area (Å²) in [5, 5.41) is 13.7. The Bertz CT molecular complexity index is 586. The number of unbranched alkanes of at least 4 members (excludes halogenated alkanes) is 7. The van der Waals surface area contributed by atoms with Crippen molar-refractivity contribution in [2.45, 2.75) is 110 Å². The predicted molar refractivity (Wildman–Crippen MR) is 141 cm³/mol. The Morgan fingerprint density at radius 1 is 0.688 bits per heavy atom. The third-order valence-corrected chi connectivity index (χ3v) is 5.40. The lowest BCUT2D eigenvalue weighted by Gasteiger charge is -2.28. The molecule has 1 unspecified atom stereocenters. The fourth-order valence-electron chi connectivity index (χ4n) is 3.32. The molecule has 3 heteroatoms. The van der Waals surface area contributed by atoms with Crippen LogP contribution in [0.15, 0.2) is 60.8 Å². The SMILES string of the molecule is CCCCCC=CC=CC=CC=CCCC=CC(=O)NCC(O)(CCCC)CCCCC. The van der Waals surface area contributed by atoms with Crippen LogP contribution in [0.5, 0.6) is 0 Å². The molecule has 182 valence electrons. The number of aliphatic hydroxyl groups is 1. The van der Waals surface area contributed by atoms with Gasteiger partial charge in [0.05, 0.1) is 5.60 Å². The fourth-order valence-corrected chi connectivity index (χ4v) is 3.32. The molecule has 0 rings (SSSR count). The van der Waals surface area contributed by atoms with Gasteiger partial charge in [-0.2, -0.15) is 0 Å². The van der Waals surface area contributed by atoms with Crippen molar-refractivity contribution in [1.82, 2.24) is 5.32 Å². The molecule has 0 fully saturated rings. The van der Waals surface area contributed by atoms with E-state index in [9.17, 15) is 9.90 Å². The summed E-state index contributed by atoms with van der Waals surface area (Å²) >= 11 is 0. The molecule has 0 saturated heterocycles. The molecule has 0 heterocycles. The number of carbonyl (C=O) groups is 1. The lowest BCUT2D eigenvalue weighted by molar-refractivity contribution is -0.118. The third kappa shape index (κ3) is 20.1. The Labute approximate surface area is 198 Å². The molecule has 3 nitrogen and oxygen atoms in total. The zero-order valence-electron chi connectivity index (χ0n) is 21.0. The molecule has 1 atom stereocenters. The summed E-state index contributed by atoms with van der Waals surface area (Å²) < 4.78 is 0. The van der Waals surface area contributed by atoms with Gasteiger partial charge in [0.1, 0.15) is 0 Å². The summed E-state index contributed by atoms with van der Waals surface area (Å²) in [6, 6.07) is 0. The van der Waals surface area contributed by atoms with Gasteiger partial charge in [0, 0.05) is 6.54 Å². The van der Waals surface area contributed by atoms with Crippen molar-refractivity contribution in [2.75, 3.05) is 6.54 Å². The van der Waals surface area contributed by atoms with Gasteiger partial charge in [-0.3, -0.25) is 4.79 Å². The highest BCUT2D eigenvalue weighted by atomic mass is 16.3. The third-order valence-electron chi connectivity index (χ3n) is 5.40. The molecule has 2 N–H and O–H groups in total. The molecule has 0 aromatic heterocycles. The van der Waals surface area contributed by atoms with E-state index in [4.69, 9.17) is 0 Å². The second-order valence-corrected chi connectivity index (χ2v) is 8.60. The van der Waals surface area contributed by atoms with Gasteiger partial charge >= 0.3 is 0 Å². The molecule has 32 heavy (non-hydrogen) atoms. The van der Waals surface area contributed by atoms with E-state index in [2.05, 4.69) is 50.4 Å². The van der Waals surface area contributed by atoms with E-state index in [0.717, 1.165) is 64.2 Å². The van der Waals surface area contributed by atoms with E-state index in [1.807, 2.05) is 30.4 Å². The van der Waals surface area contributed by atoms with Gasteiger partial charge in [0.25, 0.3) is 0 Å². The first-order valence-electron chi connectivity index (χ1n) is 12.9. The van der Waals surface area contributed by atoms with Crippen molar-refractivity contribution in [3.05, 3.63) is 60.8 Å². The molecule has 0 radical (unpaired) electrons. The molecule has 0 aliphatic carbocycles. The molecule has 1 amide bonds. The van der Waals surface area contributed by atoms with Crippen LogP contribution in [0.3, 0.4) is 0 Å². The fraction of sp³-hybridized carbons (Fsp3) is 0.621. The Kier molecular flexibility index (Phi) is 21.0. The van der Waals surface area contributed by atoms with Gasteiger partial charge in [-0.1, -0.05) is 120 Å². The molecule has 0 bridgehead atoms. The van der Waals surface area contributed by atoms with Crippen LogP contribution < -0.4 is 5.32 Å². The second-order valence-electron chi connectivity index (χ2n) is 8.60. The smallest absolute Gasteiger partial charge is 0.243 e. The van der Waals surface area contributed by atoms with Crippen molar-refractivity contribution in [3.8, 4) is 0 Å². The summed E-state index contributed by atoms with van der Waals surface area (Å²) in [6.07, 6.45) is 33.6. The van der Waals surface area contributed by atoms with Gasteiger partial charge in [-0.15, -0.1) is 0 Å². The monoisotopic (exact) mass is 443 g/mol. The van der Waals surface area contributed by atoms with Crippen LogP contribution in [-0.2, 0) is 4.79 Å². The zero-order chi connectivity index (χ0) is 23.8. The predicted octanol–water partition coefficient (Wildman–Crippen LogP) is 7.75. The molecule has 0 spiro atoms. The molecular formula is C29H49NO2. The van der Waals surface area contributed by atoms with Crippen LogP contribution in [0.2, 0.25) is 0 Å². The first-order chi connectivity index (χ1) is 15.6. The lowest BCUT2D eigenvalue weighted by Crippen LogP contribution is -2.42. The summed E-state index contributed by atoms with van der Waals surface area (Å²) in [6.45, 7) is 6.85. The standard InChI is InChI=1S/C29H49NO2/c1-4-7-10-11-12-13-14-15-16-17-18-19-20-21-22-24-28(31)30-27-29(32,25-9-6-3)26-23-8-5-2/h12-19,22,24,32H,4-11,20-21,23,25-27H2,1-3H3,(H,30,31). The van der Waals surface area contributed by atoms with E-state index in [0.29, 0.717) is 6.54 Å². The van der Waals surface area contributed by atoms with Crippen LogP contribution in [0, 0.1) is 0 Å². The highest BCUT2D eigenvalue weighted by molar-refractivity contribution is 5.87. The highest BCUT2D eigenvalue weighted by Gasteiger charge is 2.25. The molecule has 0 saturated carbocycles. The summed E-state index contributed by atoms with van der Waals surface area (Å²) in [5.74, 6) is -0.118. The Morgan fingerprint density at radius 3 is 1.88 bits per heavy atom. The quantitative estimate of drug-likeness (QED) is 0.115. The zero-order valence-corrected chi connectivity index (χ0v) is 21.0. The van der Waals surface area contributed by atoms with E-state index in [-0.39, 0.29) is 5.91 Å². The maximum atomic E-state index is 12.1. The number of amides is 1. The van der Waals surface area contributed by atoms with Gasteiger partial charge in [0.15, 0.2) is 0 Å². The van der Waals surface area contributed by atoms with Crippen LogP contribution in [0.25, 0.3) is 0 Å². The van der Waals surface area contributed by atoms with Crippen molar-refractivity contribution in [2.24, 2.45) is 0 Å². The highest BCUT2D eigenvalue weighted by Crippen LogP contribution is 2.21. The first-order valence-corrected chi connectivity index (χ1v) is 12.9. The van der Waals surface area contributed by atoms with E-state index in [1.54, 1.807) is 6.08 Å². The van der Waals surface area contributed by atoms with Crippen LogP contribution in [0.4, 0.5) is 0 Å². The number of hydrogen-bond acceptors (Lipinski definition) is 2. The van der Waals surface area contributed by atoms with Crippen LogP contribution in [-0.4, -0.2) is 23.2 Å².